The van der Waals surface area contributed by atoms with E-state index in [0.717, 1.165) is 22.5 Å². The molecule has 0 aliphatic heterocycles. The predicted octanol–water partition coefficient (Wildman–Crippen LogP) is 5.06. The third-order valence-corrected chi connectivity index (χ3v) is 4.78. The summed E-state index contributed by atoms with van der Waals surface area (Å²) >= 11 is 11.3. The molecule has 2 rings (SSSR count). The van der Waals surface area contributed by atoms with E-state index < -0.39 is 0 Å². The van der Waals surface area contributed by atoms with Gasteiger partial charge in [0.2, 0.25) is 0 Å². The van der Waals surface area contributed by atoms with Gasteiger partial charge in [-0.3, -0.25) is 0 Å². The highest BCUT2D eigenvalue weighted by Gasteiger charge is 2.12. The first kappa shape index (κ1) is 14.1. The van der Waals surface area contributed by atoms with Crippen LogP contribution in [0, 0.1) is 0 Å². The van der Waals surface area contributed by atoms with Crippen molar-refractivity contribution in [2.24, 2.45) is 0 Å². The van der Waals surface area contributed by atoms with Crippen molar-refractivity contribution in [3.05, 3.63) is 55.6 Å². The number of rotatable bonds is 5. The topological polar surface area (TPSA) is 12.0 Å². The summed E-state index contributed by atoms with van der Waals surface area (Å²) in [6, 6.07) is 8.65. The smallest absolute Gasteiger partial charge is 0.0551 e. The minimum atomic E-state index is 0.315. The monoisotopic (exact) mass is 343 g/mol. The van der Waals surface area contributed by atoms with E-state index in [1.54, 1.807) is 11.3 Å². The van der Waals surface area contributed by atoms with Crippen LogP contribution in [-0.2, 0) is 6.42 Å². The quantitative estimate of drug-likeness (QED) is 0.799. The molecule has 0 amide bonds. The maximum absolute atomic E-state index is 6.17. The molecule has 0 aliphatic carbocycles. The molecule has 0 bridgehead atoms. The molecule has 18 heavy (non-hydrogen) atoms. The zero-order valence-corrected chi connectivity index (χ0v) is 13.3. The van der Waals surface area contributed by atoms with Gasteiger partial charge in [0.1, 0.15) is 0 Å². The lowest BCUT2D eigenvalue weighted by atomic mass is 10.0. The summed E-state index contributed by atoms with van der Waals surface area (Å²) in [5.74, 6) is 0. The van der Waals surface area contributed by atoms with E-state index >= 15 is 0 Å². The number of halogens is 2. The average molecular weight is 345 g/mol. The molecule has 2 aromatic rings. The Morgan fingerprint density at radius 2 is 2.22 bits per heavy atom. The average Bonchev–Trinajstić information content (AvgIpc) is 2.85. The highest BCUT2D eigenvalue weighted by molar-refractivity contribution is 9.10. The molecule has 1 aromatic carbocycles. The summed E-state index contributed by atoms with van der Waals surface area (Å²) in [5, 5.41) is 8.60. The van der Waals surface area contributed by atoms with Crippen LogP contribution in [0.25, 0.3) is 0 Å². The molecular formula is C14H15BrClNS. The molecule has 0 radical (unpaired) electrons. The summed E-state index contributed by atoms with van der Waals surface area (Å²) in [6.07, 6.45) is 0.995. The molecule has 1 heterocycles. The van der Waals surface area contributed by atoms with Crippen molar-refractivity contribution < 1.29 is 0 Å². The van der Waals surface area contributed by atoms with E-state index in [-0.39, 0.29) is 0 Å². The first-order valence-corrected chi connectivity index (χ1v) is 8.01. The van der Waals surface area contributed by atoms with Crippen LogP contribution in [0.4, 0.5) is 0 Å². The van der Waals surface area contributed by atoms with E-state index in [1.807, 2.05) is 12.1 Å². The Kier molecular flexibility index (Phi) is 5.25. The maximum atomic E-state index is 6.17. The van der Waals surface area contributed by atoms with E-state index in [0.29, 0.717) is 6.04 Å². The SMILES string of the molecule is CCNC(Cc1ccsc1)c1ccc(Br)c(Cl)c1. The fraction of sp³-hybridized carbons (Fsp3) is 0.286. The minimum absolute atomic E-state index is 0.315. The molecule has 1 nitrogen and oxygen atoms in total. The summed E-state index contributed by atoms with van der Waals surface area (Å²) in [7, 11) is 0. The van der Waals surface area contributed by atoms with Gasteiger partial charge in [-0.2, -0.15) is 11.3 Å². The number of hydrogen-bond acceptors (Lipinski definition) is 2. The highest BCUT2D eigenvalue weighted by atomic mass is 79.9. The molecule has 0 fully saturated rings. The molecule has 0 aliphatic rings. The lowest BCUT2D eigenvalue weighted by Crippen LogP contribution is -2.22. The van der Waals surface area contributed by atoms with Crippen LogP contribution in [0.15, 0.2) is 39.5 Å². The Hall–Kier alpha value is -0.350. The molecule has 1 atom stereocenters. The van der Waals surface area contributed by atoms with Gasteiger partial charge in [-0.05, 0) is 69.0 Å². The van der Waals surface area contributed by atoms with Crippen molar-refractivity contribution in [1.82, 2.24) is 5.32 Å². The predicted molar refractivity (Wildman–Crippen MR) is 83.6 cm³/mol. The number of likely N-dealkylation sites (N-methyl/N-ethyl adjacent to an activating group) is 1. The third kappa shape index (κ3) is 3.58. The second-order valence-corrected chi connectivity index (χ2v) is 6.16. The van der Waals surface area contributed by atoms with Crippen LogP contribution < -0.4 is 5.32 Å². The van der Waals surface area contributed by atoms with Crippen LogP contribution in [0.1, 0.15) is 24.1 Å². The molecule has 0 saturated carbocycles. The normalized spacial score (nSPS) is 12.6. The Morgan fingerprint density at radius 1 is 1.39 bits per heavy atom. The van der Waals surface area contributed by atoms with Crippen molar-refractivity contribution in [3.8, 4) is 0 Å². The Morgan fingerprint density at radius 3 is 2.83 bits per heavy atom. The van der Waals surface area contributed by atoms with Crippen molar-refractivity contribution in [1.29, 1.82) is 0 Å². The first-order chi connectivity index (χ1) is 8.70. The van der Waals surface area contributed by atoms with E-state index in [1.165, 1.54) is 11.1 Å². The maximum Gasteiger partial charge on any atom is 0.0551 e. The fourth-order valence-corrected chi connectivity index (χ4v) is 3.05. The number of thiophene rings is 1. The standard InChI is InChI=1S/C14H15BrClNS/c1-2-17-14(7-10-5-6-18-9-10)11-3-4-12(15)13(16)8-11/h3-6,8-9,14,17H,2,7H2,1H3. The van der Waals surface area contributed by atoms with Gasteiger partial charge in [-0.1, -0.05) is 24.6 Å². The van der Waals surface area contributed by atoms with Crippen LogP contribution in [0.2, 0.25) is 5.02 Å². The van der Waals surface area contributed by atoms with Gasteiger partial charge in [-0.25, -0.2) is 0 Å². The summed E-state index contributed by atoms with van der Waals surface area (Å²) < 4.78 is 0.943. The second kappa shape index (κ2) is 6.71. The van der Waals surface area contributed by atoms with Gasteiger partial charge < -0.3 is 5.32 Å². The van der Waals surface area contributed by atoms with Gasteiger partial charge >= 0.3 is 0 Å². The molecule has 96 valence electrons. The second-order valence-electron chi connectivity index (χ2n) is 4.12. The molecule has 1 N–H and O–H groups in total. The Bertz CT molecular complexity index is 499. The van der Waals surface area contributed by atoms with E-state index in [9.17, 15) is 0 Å². The lowest BCUT2D eigenvalue weighted by Gasteiger charge is -2.18. The molecule has 4 heteroatoms. The largest absolute Gasteiger partial charge is 0.310 e. The highest BCUT2D eigenvalue weighted by Crippen LogP contribution is 2.27. The van der Waals surface area contributed by atoms with Crippen LogP contribution in [0.3, 0.4) is 0 Å². The number of benzene rings is 1. The molecular weight excluding hydrogens is 330 g/mol. The fourth-order valence-electron chi connectivity index (χ4n) is 1.93. The Balaban J connectivity index is 2.20. The summed E-state index contributed by atoms with van der Waals surface area (Å²) in [6.45, 7) is 3.07. The van der Waals surface area contributed by atoms with Crippen molar-refractivity contribution in [2.75, 3.05) is 6.54 Å². The number of hydrogen-bond donors (Lipinski definition) is 1. The lowest BCUT2D eigenvalue weighted by molar-refractivity contribution is 0.550. The third-order valence-electron chi connectivity index (χ3n) is 2.82. The molecule has 1 unspecified atom stereocenters. The van der Waals surface area contributed by atoms with E-state index in [2.05, 4.69) is 51.1 Å². The Labute approximate surface area is 125 Å². The van der Waals surface area contributed by atoms with Gasteiger partial charge in [-0.15, -0.1) is 0 Å². The zero-order valence-electron chi connectivity index (χ0n) is 10.1. The van der Waals surface area contributed by atoms with Crippen molar-refractivity contribution in [3.63, 3.8) is 0 Å². The van der Waals surface area contributed by atoms with Gasteiger partial charge in [0.05, 0.1) is 5.02 Å². The molecule has 0 spiro atoms. The van der Waals surface area contributed by atoms with Gasteiger partial charge in [0.25, 0.3) is 0 Å². The minimum Gasteiger partial charge on any atom is -0.310 e. The first-order valence-electron chi connectivity index (χ1n) is 5.90. The molecule has 1 aromatic heterocycles. The van der Waals surface area contributed by atoms with Crippen LogP contribution in [-0.4, -0.2) is 6.54 Å². The van der Waals surface area contributed by atoms with Crippen LogP contribution >= 0.6 is 38.9 Å². The summed E-state index contributed by atoms with van der Waals surface area (Å²) in [4.78, 5) is 0. The number of nitrogens with one attached hydrogen (secondary N) is 1. The van der Waals surface area contributed by atoms with Crippen molar-refractivity contribution >= 4 is 38.9 Å². The van der Waals surface area contributed by atoms with Crippen LogP contribution in [0.5, 0.6) is 0 Å². The van der Waals surface area contributed by atoms with Gasteiger partial charge in [0, 0.05) is 10.5 Å². The van der Waals surface area contributed by atoms with Gasteiger partial charge in [0.15, 0.2) is 0 Å². The zero-order chi connectivity index (χ0) is 13.0. The summed E-state index contributed by atoms with van der Waals surface area (Å²) in [5.41, 5.74) is 2.60. The van der Waals surface area contributed by atoms with E-state index in [4.69, 9.17) is 11.6 Å². The van der Waals surface area contributed by atoms with Crippen molar-refractivity contribution in [2.45, 2.75) is 19.4 Å². The molecule has 0 saturated heterocycles.